The monoisotopic (exact) mass is 355 g/mol. The normalized spacial score (nSPS) is 10.3. The number of benzene rings is 1. The van der Waals surface area contributed by atoms with Gasteiger partial charge in [-0.05, 0) is 55.0 Å². The van der Waals surface area contributed by atoms with Crippen LogP contribution in [0.4, 0.5) is 11.5 Å². The van der Waals surface area contributed by atoms with E-state index in [2.05, 4.69) is 15.6 Å². The van der Waals surface area contributed by atoms with Crippen molar-refractivity contribution in [3.8, 4) is 0 Å². The van der Waals surface area contributed by atoms with E-state index in [1.807, 2.05) is 13.0 Å². The molecule has 6 nitrogen and oxygen atoms in total. The molecule has 0 unspecified atom stereocenters. The lowest BCUT2D eigenvalue weighted by atomic mass is 10.1. The molecule has 2 aromatic heterocycles. The van der Waals surface area contributed by atoms with Crippen molar-refractivity contribution >= 4 is 34.9 Å². The molecule has 2 amide bonds. The Morgan fingerprint density at radius 1 is 1.08 bits per heavy atom. The molecular formula is C18H14ClN3O3. The lowest BCUT2D eigenvalue weighted by molar-refractivity contribution is 0.0993. The summed E-state index contributed by atoms with van der Waals surface area (Å²) in [5, 5.41) is 5.63. The number of hydrogen-bond acceptors (Lipinski definition) is 4. The molecule has 2 heterocycles. The van der Waals surface area contributed by atoms with Crippen LogP contribution in [0, 0.1) is 6.92 Å². The van der Waals surface area contributed by atoms with Crippen LogP contribution >= 0.6 is 11.6 Å². The number of aromatic nitrogens is 1. The Morgan fingerprint density at radius 2 is 1.92 bits per heavy atom. The fraction of sp³-hybridized carbons (Fsp3) is 0.0556. The molecule has 0 saturated heterocycles. The van der Waals surface area contributed by atoms with Crippen LogP contribution in [0.2, 0.25) is 5.02 Å². The zero-order valence-electron chi connectivity index (χ0n) is 13.2. The van der Waals surface area contributed by atoms with E-state index in [1.165, 1.54) is 24.5 Å². The lowest BCUT2D eigenvalue weighted by Gasteiger charge is -2.09. The van der Waals surface area contributed by atoms with E-state index in [9.17, 15) is 9.59 Å². The third-order valence-electron chi connectivity index (χ3n) is 3.38. The summed E-state index contributed by atoms with van der Waals surface area (Å²) < 4.78 is 5.03. The van der Waals surface area contributed by atoms with Crippen molar-refractivity contribution in [3.05, 3.63) is 76.8 Å². The molecule has 0 radical (unpaired) electrons. The van der Waals surface area contributed by atoms with Gasteiger partial charge in [0.15, 0.2) is 5.76 Å². The van der Waals surface area contributed by atoms with E-state index >= 15 is 0 Å². The minimum atomic E-state index is -0.454. The molecule has 0 aliphatic heterocycles. The van der Waals surface area contributed by atoms with Gasteiger partial charge in [-0.25, -0.2) is 4.98 Å². The highest BCUT2D eigenvalue weighted by atomic mass is 35.5. The predicted molar refractivity (Wildman–Crippen MR) is 95.0 cm³/mol. The summed E-state index contributed by atoms with van der Waals surface area (Å²) in [6.45, 7) is 1.90. The van der Waals surface area contributed by atoms with Crippen LogP contribution in [-0.4, -0.2) is 16.8 Å². The molecular weight excluding hydrogens is 342 g/mol. The first-order valence-corrected chi connectivity index (χ1v) is 7.79. The maximum Gasteiger partial charge on any atom is 0.291 e. The van der Waals surface area contributed by atoms with Crippen LogP contribution in [0.3, 0.4) is 0 Å². The molecule has 3 aromatic rings. The summed E-state index contributed by atoms with van der Waals surface area (Å²) in [5.74, 6) is -0.218. The summed E-state index contributed by atoms with van der Waals surface area (Å²) in [7, 11) is 0. The zero-order chi connectivity index (χ0) is 17.8. The number of halogens is 1. The predicted octanol–water partition coefficient (Wildman–Crippen LogP) is 4.14. The number of carbonyl (C=O) groups excluding carboxylic acids is 2. The van der Waals surface area contributed by atoms with Gasteiger partial charge in [-0.2, -0.15) is 0 Å². The van der Waals surface area contributed by atoms with Crippen molar-refractivity contribution in [2.75, 3.05) is 10.6 Å². The number of amides is 2. The fourth-order valence-electron chi connectivity index (χ4n) is 2.15. The molecule has 0 spiro atoms. The lowest BCUT2D eigenvalue weighted by Crippen LogP contribution is -2.15. The second kappa shape index (κ2) is 7.19. The van der Waals surface area contributed by atoms with Crippen molar-refractivity contribution < 1.29 is 14.0 Å². The Hall–Kier alpha value is -3.12. The number of nitrogens with zero attached hydrogens (tertiary/aromatic N) is 1. The average molecular weight is 356 g/mol. The minimum Gasteiger partial charge on any atom is -0.459 e. The smallest absolute Gasteiger partial charge is 0.291 e. The maximum atomic E-state index is 12.4. The van der Waals surface area contributed by atoms with Gasteiger partial charge in [0, 0.05) is 11.8 Å². The maximum absolute atomic E-state index is 12.4. The topological polar surface area (TPSA) is 84.2 Å². The molecule has 0 fully saturated rings. The van der Waals surface area contributed by atoms with Gasteiger partial charge in [0.25, 0.3) is 11.8 Å². The van der Waals surface area contributed by atoms with Gasteiger partial charge in [-0.15, -0.1) is 0 Å². The van der Waals surface area contributed by atoms with Crippen molar-refractivity contribution in [3.63, 3.8) is 0 Å². The Bertz CT molecular complexity index is 923. The Morgan fingerprint density at radius 3 is 2.64 bits per heavy atom. The van der Waals surface area contributed by atoms with Crippen LogP contribution in [0.1, 0.15) is 26.5 Å². The van der Waals surface area contributed by atoms with Crippen molar-refractivity contribution in [2.24, 2.45) is 0 Å². The van der Waals surface area contributed by atoms with Gasteiger partial charge < -0.3 is 15.1 Å². The average Bonchev–Trinajstić information content (AvgIpc) is 3.11. The van der Waals surface area contributed by atoms with Gasteiger partial charge in [0.2, 0.25) is 0 Å². The summed E-state index contributed by atoms with van der Waals surface area (Å²) >= 11 is 6.10. The van der Waals surface area contributed by atoms with Gasteiger partial charge in [0.1, 0.15) is 5.82 Å². The van der Waals surface area contributed by atoms with Gasteiger partial charge in [-0.3, -0.25) is 9.59 Å². The first-order chi connectivity index (χ1) is 12.0. The van der Waals surface area contributed by atoms with Crippen LogP contribution in [0.5, 0.6) is 0 Å². The number of pyridine rings is 1. The highest BCUT2D eigenvalue weighted by Gasteiger charge is 2.14. The number of aryl methyl sites for hydroxylation is 1. The highest BCUT2D eigenvalue weighted by Crippen LogP contribution is 2.24. The molecule has 2 N–H and O–H groups in total. The first-order valence-electron chi connectivity index (χ1n) is 7.41. The van der Waals surface area contributed by atoms with Crippen LogP contribution < -0.4 is 10.6 Å². The number of anilines is 2. The third kappa shape index (κ3) is 4.05. The summed E-state index contributed by atoms with van der Waals surface area (Å²) in [5.41, 5.74) is 1.63. The number of rotatable bonds is 4. The molecule has 0 bridgehead atoms. The quantitative estimate of drug-likeness (QED) is 0.736. The minimum absolute atomic E-state index is 0.148. The zero-order valence-corrected chi connectivity index (χ0v) is 14.0. The number of furan rings is 1. The van der Waals surface area contributed by atoms with E-state index in [0.29, 0.717) is 22.1 Å². The summed E-state index contributed by atoms with van der Waals surface area (Å²) in [6, 6.07) is 11.3. The van der Waals surface area contributed by atoms with Crippen LogP contribution in [0.25, 0.3) is 0 Å². The van der Waals surface area contributed by atoms with E-state index < -0.39 is 5.91 Å². The molecule has 0 aliphatic carbocycles. The standard InChI is InChI=1S/C18H14ClN3O3/c1-11-6-7-20-16(9-11)22-17(23)12-4-5-13(19)14(10-12)21-18(24)15-3-2-8-25-15/h2-10H,1H3,(H,21,24)(H,20,22,23). The van der Waals surface area contributed by atoms with Crippen molar-refractivity contribution in [1.29, 1.82) is 0 Å². The highest BCUT2D eigenvalue weighted by molar-refractivity contribution is 6.34. The number of hydrogen-bond donors (Lipinski definition) is 2. The van der Waals surface area contributed by atoms with Crippen molar-refractivity contribution in [2.45, 2.75) is 6.92 Å². The second-order valence-corrected chi connectivity index (χ2v) is 5.71. The molecule has 25 heavy (non-hydrogen) atoms. The van der Waals surface area contributed by atoms with E-state index in [1.54, 1.807) is 24.4 Å². The van der Waals surface area contributed by atoms with Gasteiger partial charge in [0.05, 0.1) is 17.0 Å². The summed E-state index contributed by atoms with van der Waals surface area (Å²) in [6.07, 6.45) is 3.01. The van der Waals surface area contributed by atoms with Gasteiger partial charge >= 0.3 is 0 Å². The Balaban J connectivity index is 1.78. The fourth-order valence-corrected chi connectivity index (χ4v) is 2.31. The molecule has 7 heteroatoms. The SMILES string of the molecule is Cc1ccnc(NC(=O)c2ccc(Cl)c(NC(=O)c3ccco3)c2)c1. The van der Waals surface area contributed by atoms with Crippen molar-refractivity contribution in [1.82, 2.24) is 4.98 Å². The van der Waals surface area contributed by atoms with E-state index in [4.69, 9.17) is 16.0 Å². The third-order valence-corrected chi connectivity index (χ3v) is 3.71. The molecule has 0 atom stereocenters. The van der Waals surface area contributed by atoms with Crippen LogP contribution in [0.15, 0.2) is 59.3 Å². The molecule has 0 aliphatic rings. The largest absolute Gasteiger partial charge is 0.459 e. The first kappa shape index (κ1) is 16.7. The van der Waals surface area contributed by atoms with E-state index in [0.717, 1.165) is 5.56 Å². The van der Waals surface area contributed by atoms with Gasteiger partial charge in [-0.1, -0.05) is 11.6 Å². The molecule has 126 valence electrons. The second-order valence-electron chi connectivity index (χ2n) is 5.30. The summed E-state index contributed by atoms with van der Waals surface area (Å²) in [4.78, 5) is 28.5. The van der Waals surface area contributed by atoms with Crippen LogP contribution in [-0.2, 0) is 0 Å². The van der Waals surface area contributed by atoms with E-state index in [-0.39, 0.29) is 11.7 Å². The Kier molecular flexibility index (Phi) is 4.81. The number of nitrogens with one attached hydrogen (secondary N) is 2. The molecule has 0 saturated carbocycles. The molecule has 1 aromatic carbocycles. The number of carbonyl (C=O) groups is 2. The molecule has 3 rings (SSSR count). The Labute approximate surface area is 148 Å².